The largest absolute Gasteiger partial charge is 0.367 e. The quantitative estimate of drug-likeness (QED) is 0.760. The Morgan fingerprint density at radius 1 is 1.32 bits per heavy atom. The average Bonchev–Trinajstić information content (AvgIpc) is 2.53. The predicted octanol–water partition coefficient (Wildman–Crippen LogP) is 2.51. The topological polar surface area (TPSA) is 57.3 Å². The molecule has 5 heteroatoms. The van der Waals surface area contributed by atoms with E-state index in [1.165, 1.54) is 32.1 Å². The van der Waals surface area contributed by atoms with Crippen LogP contribution in [0.25, 0.3) is 0 Å². The van der Waals surface area contributed by atoms with E-state index in [1.807, 2.05) is 26.2 Å². The molecule has 22 heavy (non-hydrogen) atoms. The Hall–Kier alpha value is -1.62. The van der Waals surface area contributed by atoms with Crippen LogP contribution in [0.2, 0.25) is 0 Å². The van der Waals surface area contributed by atoms with Crippen molar-refractivity contribution in [2.75, 3.05) is 32.5 Å². The smallest absolute Gasteiger partial charge is 0.255 e. The third kappa shape index (κ3) is 5.30. The molecule has 1 heterocycles. The highest BCUT2D eigenvalue weighted by Gasteiger charge is 2.17. The van der Waals surface area contributed by atoms with Crippen LogP contribution in [0, 0.1) is 0 Å². The minimum absolute atomic E-state index is 0.0369. The SMILES string of the molecule is CN(C)CCCNC(=O)c1cccnc1NC1CCCCC1. The van der Waals surface area contributed by atoms with Crippen LogP contribution in [-0.2, 0) is 0 Å². The predicted molar refractivity (Wildman–Crippen MR) is 90.2 cm³/mol. The molecule has 0 unspecified atom stereocenters. The Kier molecular flexibility index (Phi) is 6.65. The van der Waals surface area contributed by atoms with Crippen molar-refractivity contribution in [2.45, 2.75) is 44.6 Å². The van der Waals surface area contributed by atoms with Gasteiger partial charge in [0.2, 0.25) is 0 Å². The molecule has 5 nitrogen and oxygen atoms in total. The minimum atomic E-state index is -0.0369. The van der Waals surface area contributed by atoms with Crippen LogP contribution in [-0.4, -0.2) is 49.0 Å². The maximum absolute atomic E-state index is 12.3. The molecule has 122 valence electrons. The number of anilines is 1. The van der Waals surface area contributed by atoms with Crippen molar-refractivity contribution in [3.8, 4) is 0 Å². The number of amides is 1. The van der Waals surface area contributed by atoms with Gasteiger partial charge < -0.3 is 15.5 Å². The molecule has 0 spiro atoms. The Morgan fingerprint density at radius 3 is 2.82 bits per heavy atom. The van der Waals surface area contributed by atoms with E-state index in [4.69, 9.17) is 0 Å². The van der Waals surface area contributed by atoms with E-state index >= 15 is 0 Å². The molecule has 1 amide bonds. The van der Waals surface area contributed by atoms with E-state index in [9.17, 15) is 4.79 Å². The van der Waals surface area contributed by atoms with Crippen LogP contribution in [0.15, 0.2) is 18.3 Å². The van der Waals surface area contributed by atoms with E-state index in [-0.39, 0.29) is 5.91 Å². The molecule has 1 aromatic heterocycles. The molecule has 0 aromatic carbocycles. The molecule has 0 atom stereocenters. The number of hydrogen-bond acceptors (Lipinski definition) is 4. The number of aromatic nitrogens is 1. The van der Waals surface area contributed by atoms with E-state index in [2.05, 4.69) is 20.5 Å². The van der Waals surface area contributed by atoms with Crippen LogP contribution >= 0.6 is 0 Å². The summed E-state index contributed by atoms with van der Waals surface area (Å²) in [6.45, 7) is 1.66. The second-order valence-electron chi connectivity index (χ2n) is 6.29. The molecule has 0 saturated heterocycles. The van der Waals surface area contributed by atoms with Crippen molar-refractivity contribution in [3.63, 3.8) is 0 Å². The van der Waals surface area contributed by atoms with Crippen LogP contribution in [0.1, 0.15) is 48.9 Å². The fourth-order valence-corrected chi connectivity index (χ4v) is 2.84. The van der Waals surface area contributed by atoms with Crippen molar-refractivity contribution < 1.29 is 4.79 Å². The summed E-state index contributed by atoms with van der Waals surface area (Å²) >= 11 is 0. The highest BCUT2D eigenvalue weighted by molar-refractivity contribution is 5.98. The fourth-order valence-electron chi connectivity index (χ4n) is 2.84. The Morgan fingerprint density at radius 2 is 2.09 bits per heavy atom. The van der Waals surface area contributed by atoms with Gasteiger partial charge in [0, 0.05) is 18.8 Å². The number of hydrogen-bond donors (Lipinski definition) is 2. The molecule has 0 bridgehead atoms. The second-order valence-corrected chi connectivity index (χ2v) is 6.29. The summed E-state index contributed by atoms with van der Waals surface area (Å²) in [7, 11) is 4.07. The Labute approximate surface area is 133 Å². The van der Waals surface area contributed by atoms with Gasteiger partial charge in [-0.15, -0.1) is 0 Å². The first kappa shape index (κ1) is 16.7. The van der Waals surface area contributed by atoms with Crippen molar-refractivity contribution >= 4 is 11.7 Å². The first-order valence-corrected chi connectivity index (χ1v) is 8.31. The third-order valence-corrected chi connectivity index (χ3v) is 4.07. The summed E-state index contributed by atoms with van der Waals surface area (Å²) < 4.78 is 0. The maximum atomic E-state index is 12.3. The third-order valence-electron chi connectivity index (χ3n) is 4.07. The summed E-state index contributed by atoms with van der Waals surface area (Å²) in [5.74, 6) is 0.685. The molecule has 1 fully saturated rings. The lowest BCUT2D eigenvalue weighted by molar-refractivity contribution is 0.0952. The Balaban J connectivity index is 1.90. The van der Waals surface area contributed by atoms with Gasteiger partial charge in [0.05, 0.1) is 5.56 Å². The zero-order valence-corrected chi connectivity index (χ0v) is 13.8. The van der Waals surface area contributed by atoms with Crippen LogP contribution < -0.4 is 10.6 Å². The number of carbonyl (C=O) groups excluding carboxylic acids is 1. The van der Waals surface area contributed by atoms with Crippen molar-refractivity contribution in [3.05, 3.63) is 23.9 Å². The molecule has 1 saturated carbocycles. The van der Waals surface area contributed by atoms with Gasteiger partial charge in [-0.05, 0) is 52.0 Å². The first-order chi connectivity index (χ1) is 10.7. The molecule has 0 aliphatic heterocycles. The highest BCUT2D eigenvalue weighted by Crippen LogP contribution is 2.22. The van der Waals surface area contributed by atoms with Crippen LogP contribution in [0.5, 0.6) is 0 Å². The van der Waals surface area contributed by atoms with E-state index in [0.29, 0.717) is 18.2 Å². The van der Waals surface area contributed by atoms with Gasteiger partial charge in [0.15, 0.2) is 0 Å². The molecule has 0 radical (unpaired) electrons. The van der Waals surface area contributed by atoms with Gasteiger partial charge in [0.1, 0.15) is 5.82 Å². The highest BCUT2D eigenvalue weighted by atomic mass is 16.1. The number of pyridine rings is 1. The summed E-state index contributed by atoms with van der Waals surface area (Å²) in [5.41, 5.74) is 0.651. The summed E-state index contributed by atoms with van der Waals surface area (Å²) in [6, 6.07) is 4.11. The van der Waals surface area contributed by atoms with Crippen molar-refractivity contribution in [1.82, 2.24) is 15.2 Å². The maximum Gasteiger partial charge on any atom is 0.255 e. The van der Waals surface area contributed by atoms with Gasteiger partial charge >= 0.3 is 0 Å². The van der Waals surface area contributed by atoms with Gasteiger partial charge in [-0.3, -0.25) is 4.79 Å². The first-order valence-electron chi connectivity index (χ1n) is 8.31. The molecular weight excluding hydrogens is 276 g/mol. The molecule has 2 N–H and O–H groups in total. The lowest BCUT2D eigenvalue weighted by Gasteiger charge is -2.24. The standard InChI is InChI=1S/C17H28N4O/c1-21(2)13-7-12-19-17(22)15-10-6-11-18-16(15)20-14-8-4-3-5-9-14/h6,10-11,14H,3-5,7-9,12-13H2,1-2H3,(H,18,20)(H,19,22). The van der Waals surface area contributed by atoms with E-state index in [1.54, 1.807) is 6.20 Å². The van der Waals surface area contributed by atoms with Crippen molar-refractivity contribution in [1.29, 1.82) is 0 Å². The molecule has 1 aliphatic rings. The Bertz CT molecular complexity index is 469. The summed E-state index contributed by atoms with van der Waals surface area (Å²) in [6.07, 6.45) is 8.87. The summed E-state index contributed by atoms with van der Waals surface area (Å²) in [4.78, 5) is 18.8. The molecule has 2 rings (SSSR count). The van der Waals surface area contributed by atoms with E-state index < -0.39 is 0 Å². The number of rotatable bonds is 7. The lowest BCUT2D eigenvalue weighted by atomic mass is 9.95. The minimum Gasteiger partial charge on any atom is -0.367 e. The fraction of sp³-hybridized carbons (Fsp3) is 0.647. The van der Waals surface area contributed by atoms with Crippen LogP contribution in [0.4, 0.5) is 5.82 Å². The summed E-state index contributed by atoms with van der Waals surface area (Å²) in [5, 5.41) is 6.45. The van der Waals surface area contributed by atoms with Gasteiger partial charge in [0.25, 0.3) is 5.91 Å². The van der Waals surface area contributed by atoms with E-state index in [0.717, 1.165) is 18.8 Å². The molecule has 1 aliphatic carbocycles. The zero-order valence-electron chi connectivity index (χ0n) is 13.8. The monoisotopic (exact) mass is 304 g/mol. The molecular formula is C17H28N4O. The number of nitrogens with zero attached hydrogens (tertiary/aromatic N) is 2. The van der Waals surface area contributed by atoms with Crippen molar-refractivity contribution in [2.24, 2.45) is 0 Å². The molecule has 1 aromatic rings. The average molecular weight is 304 g/mol. The van der Waals surface area contributed by atoms with Gasteiger partial charge in [-0.1, -0.05) is 19.3 Å². The lowest BCUT2D eigenvalue weighted by Crippen LogP contribution is -2.29. The zero-order chi connectivity index (χ0) is 15.8. The van der Waals surface area contributed by atoms with Gasteiger partial charge in [-0.2, -0.15) is 0 Å². The normalized spacial score (nSPS) is 15.8. The number of carbonyl (C=O) groups is 1. The number of nitrogens with one attached hydrogen (secondary N) is 2. The van der Waals surface area contributed by atoms with Crippen LogP contribution in [0.3, 0.4) is 0 Å². The van der Waals surface area contributed by atoms with Gasteiger partial charge in [-0.25, -0.2) is 4.98 Å². The second kappa shape index (κ2) is 8.73.